The topological polar surface area (TPSA) is 63.6 Å². The molecule has 118 valence electrons. The molecule has 0 aliphatic heterocycles. The summed E-state index contributed by atoms with van der Waals surface area (Å²) in [5.74, 6) is 0.865. The lowest BCUT2D eigenvalue weighted by Crippen LogP contribution is -2.08. The van der Waals surface area contributed by atoms with Crippen LogP contribution < -0.4 is 5.32 Å². The summed E-state index contributed by atoms with van der Waals surface area (Å²) in [6.45, 7) is 4.89. The van der Waals surface area contributed by atoms with E-state index in [1.54, 1.807) is 6.33 Å². The molecule has 3 aromatic rings. The van der Waals surface area contributed by atoms with Crippen molar-refractivity contribution < 1.29 is 0 Å². The first-order chi connectivity index (χ1) is 11.2. The minimum atomic E-state index is 0.758. The third-order valence-corrected chi connectivity index (χ3v) is 5.42. The van der Waals surface area contributed by atoms with Gasteiger partial charge in [-0.15, -0.1) is 11.3 Å². The Morgan fingerprint density at radius 1 is 1.17 bits per heavy atom. The minimum absolute atomic E-state index is 0.758. The molecule has 0 saturated carbocycles. The second-order valence-corrected chi connectivity index (χ2v) is 7.18. The molecule has 1 aliphatic rings. The smallest absolute Gasteiger partial charge is 0.165 e. The fourth-order valence-electron chi connectivity index (χ4n) is 3.18. The van der Waals surface area contributed by atoms with Crippen molar-refractivity contribution in [2.24, 2.45) is 0 Å². The van der Waals surface area contributed by atoms with E-state index < -0.39 is 0 Å². The van der Waals surface area contributed by atoms with Crippen molar-refractivity contribution in [3.05, 3.63) is 39.2 Å². The van der Waals surface area contributed by atoms with E-state index in [2.05, 4.69) is 33.3 Å². The van der Waals surface area contributed by atoms with E-state index in [1.807, 2.05) is 18.3 Å². The Balaban J connectivity index is 1.51. The fourth-order valence-corrected chi connectivity index (χ4v) is 4.34. The number of hydrogen-bond donors (Lipinski definition) is 1. The van der Waals surface area contributed by atoms with Gasteiger partial charge in [0.05, 0.1) is 16.1 Å². The van der Waals surface area contributed by atoms with Crippen molar-refractivity contribution in [3.8, 4) is 0 Å². The highest BCUT2D eigenvalue weighted by molar-refractivity contribution is 7.11. The number of hydrogen-bond acceptors (Lipinski definition) is 6. The Morgan fingerprint density at radius 3 is 2.96 bits per heavy atom. The highest BCUT2D eigenvalue weighted by Gasteiger charge is 2.16. The van der Waals surface area contributed by atoms with Gasteiger partial charge in [-0.3, -0.25) is 0 Å². The fraction of sp³-hybridized carbons (Fsp3) is 0.412. The van der Waals surface area contributed by atoms with E-state index in [0.717, 1.165) is 47.5 Å². The predicted octanol–water partition coefficient (Wildman–Crippen LogP) is 3.24. The summed E-state index contributed by atoms with van der Waals surface area (Å²) < 4.78 is 0. The molecule has 0 fully saturated rings. The van der Waals surface area contributed by atoms with E-state index in [0.29, 0.717) is 0 Å². The molecule has 0 unspecified atom stereocenters. The first kappa shape index (κ1) is 14.5. The number of anilines is 1. The average molecular weight is 325 g/mol. The van der Waals surface area contributed by atoms with Gasteiger partial charge in [-0.1, -0.05) is 0 Å². The lowest BCUT2D eigenvalue weighted by atomic mass is 10.1. The number of aromatic nitrogens is 4. The van der Waals surface area contributed by atoms with Gasteiger partial charge in [-0.2, -0.15) is 0 Å². The van der Waals surface area contributed by atoms with Crippen LogP contribution in [-0.2, 0) is 19.3 Å². The normalized spacial score (nSPS) is 13.5. The standard InChI is InChI=1S/C17H19N5S/c1-10-8-11(2)21-17-15(10)16(19-9-20-17)18-7-6-14-22-12-4-3-5-13(12)23-14/h8-9H,3-7H2,1-2H3,(H,18,19,20,21). The van der Waals surface area contributed by atoms with Gasteiger partial charge in [-0.25, -0.2) is 19.9 Å². The maximum atomic E-state index is 4.75. The summed E-state index contributed by atoms with van der Waals surface area (Å²) in [5.41, 5.74) is 4.22. The highest BCUT2D eigenvalue weighted by atomic mass is 32.1. The molecule has 1 N–H and O–H groups in total. The predicted molar refractivity (Wildman–Crippen MR) is 93.1 cm³/mol. The molecule has 0 saturated heterocycles. The number of nitrogens with one attached hydrogen (secondary N) is 1. The maximum absolute atomic E-state index is 4.75. The summed E-state index contributed by atoms with van der Waals surface area (Å²) in [4.78, 5) is 19.4. The van der Waals surface area contributed by atoms with Crippen LogP contribution in [-0.4, -0.2) is 26.5 Å². The minimum Gasteiger partial charge on any atom is -0.369 e. The van der Waals surface area contributed by atoms with E-state index in [1.165, 1.54) is 28.4 Å². The average Bonchev–Trinajstić information content (AvgIpc) is 3.08. The van der Waals surface area contributed by atoms with E-state index >= 15 is 0 Å². The molecule has 3 heterocycles. The SMILES string of the molecule is Cc1cc(C)c2c(NCCc3nc4c(s3)CCC4)ncnc2n1. The monoisotopic (exact) mass is 325 g/mol. The van der Waals surface area contributed by atoms with Crippen LogP contribution in [0, 0.1) is 13.8 Å². The zero-order valence-corrected chi connectivity index (χ0v) is 14.2. The number of pyridine rings is 1. The first-order valence-corrected chi connectivity index (χ1v) is 8.82. The second kappa shape index (κ2) is 5.85. The molecule has 0 spiro atoms. The van der Waals surface area contributed by atoms with Crippen LogP contribution in [0.3, 0.4) is 0 Å². The lowest BCUT2D eigenvalue weighted by molar-refractivity contribution is 0.885. The Bertz CT molecular complexity index is 849. The lowest BCUT2D eigenvalue weighted by Gasteiger charge is -2.09. The summed E-state index contributed by atoms with van der Waals surface area (Å²) in [5, 5.41) is 5.68. The molecule has 1 aliphatic carbocycles. The van der Waals surface area contributed by atoms with Crippen LogP contribution in [0.25, 0.3) is 11.0 Å². The molecule has 4 rings (SSSR count). The molecular weight excluding hydrogens is 306 g/mol. The maximum Gasteiger partial charge on any atom is 0.165 e. The third kappa shape index (κ3) is 2.79. The van der Waals surface area contributed by atoms with E-state index in [9.17, 15) is 0 Å². The zero-order chi connectivity index (χ0) is 15.8. The Kier molecular flexibility index (Phi) is 3.69. The Hall–Kier alpha value is -2.08. The molecule has 0 amide bonds. The Morgan fingerprint density at radius 2 is 2.09 bits per heavy atom. The summed E-state index contributed by atoms with van der Waals surface area (Å²) >= 11 is 1.87. The van der Waals surface area contributed by atoms with Gasteiger partial charge in [0.2, 0.25) is 0 Å². The van der Waals surface area contributed by atoms with Gasteiger partial charge in [0, 0.05) is 23.5 Å². The summed E-state index contributed by atoms with van der Waals surface area (Å²) in [6, 6.07) is 2.07. The second-order valence-electron chi connectivity index (χ2n) is 6.01. The van der Waals surface area contributed by atoms with Crippen molar-refractivity contribution in [2.75, 3.05) is 11.9 Å². The highest BCUT2D eigenvalue weighted by Crippen LogP contribution is 2.28. The first-order valence-electron chi connectivity index (χ1n) is 8.01. The molecule has 0 atom stereocenters. The third-order valence-electron chi connectivity index (χ3n) is 4.20. The molecule has 23 heavy (non-hydrogen) atoms. The number of nitrogens with zero attached hydrogens (tertiary/aromatic N) is 4. The molecule has 3 aromatic heterocycles. The van der Waals surface area contributed by atoms with Crippen LogP contribution in [0.2, 0.25) is 0 Å². The number of fused-ring (bicyclic) bond motifs is 2. The largest absolute Gasteiger partial charge is 0.369 e. The van der Waals surface area contributed by atoms with Gasteiger partial charge in [0.1, 0.15) is 12.1 Å². The molecule has 0 radical (unpaired) electrons. The van der Waals surface area contributed by atoms with Crippen LogP contribution in [0.15, 0.2) is 12.4 Å². The zero-order valence-electron chi connectivity index (χ0n) is 13.4. The summed E-state index contributed by atoms with van der Waals surface area (Å²) in [7, 11) is 0. The molecule has 0 bridgehead atoms. The van der Waals surface area contributed by atoms with E-state index in [4.69, 9.17) is 4.98 Å². The van der Waals surface area contributed by atoms with Crippen molar-refractivity contribution in [3.63, 3.8) is 0 Å². The van der Waals surface area contributed by atoms with Gasteiger partial charge in [0.15, 0.2) is 5.65 Å². The quantitative estimate of drug-likeness (QED) is 0.798. The van der Waals surface area contributed by atoms with Gasteiger partial charge in [-0.05, 0) is 44.7 Å². The van der Waals surface area contributed by atoms with Crippen molar-refractivity contribution in [2.45, 2.75) is 39.5 Å². The van der Waals surface area contributed by atoms with Gasteiger partial charge in [0.25, 0.3) is 0 Å². The van der Waals surface area contributed by atoms with Crippen molar-refractivity contribution in [1.29, 1.82) is 0 Å². The molecule has 0 aromatic carbocycles. The van der Waals surface area contributed by atoms with Crippen LogP contribution in [0.1, 0.15) is 33.3 Å². The van der Waals surface area contributed by atoms with Crippen LogP contribution >= 0.6 is 11.3 Å². The van der Waals surface area contributed by atoms with Crippen LogP contribution in [0.5, 0.6) is 0 Å². The Labute approximate surface area is 139 Å². The van der Waals surface area contributed by atoms with Gasteiger partial charge < -0.3 is 5.32 Å². The van der Waals surface area contributed by atoms with Gasteiger partial charge >= 0.3 is 0 Å². The molecule has 5 nitrogen and oxygen atoms in total. The summed E-state index contributed by atoms with van der Waals surface area (Å²) in [6.07, 6.45) is 6.14. The van der Waals surface area contributed by atoms with Crippen LogP contribution in [0.4, 0.5) is 5.82 Å². The van der Waals surface area contributed by atoms with Crippen molar-refractivity contribution >= 4 is 28.2 Å². The molecular formula is C17H19N5S. The number of rotatable bonds is 4. The molecule has 6 heteroatoms. The van der Waals surface area contributed by atoms with Crippen molar-refractivity contribution in [1.82, 2.24) is 19.9 Å². The number of thiazole rings is 1. The number of aryl methyl sites for hydroxylation is 4. The van der Waals surface area contributed by atoms with E-state index in [-0.39, 0.29) is 0 Å².